The van der Waals surface area contributed by atoms with Crippen LogP contribution in [0.15, 0.2) is 54.6 Å². The van der Waals surface area contributed by atoms with Gasteiger partial charge in [-0.25, -0.2) is 4.98 Å². The second kappa shape index (κ2) is 7.40. The molecule has 0 spiro atoms. The highest BCUT2D eigenvalue weighted by Crippen LogP contribution is 2.33. The van der Waals surface area contributed by atoms with Gasteiger partial charge >= 0.3 is 0 Å². The maximum Gasteiger partial charge on any atom is 0.0730 e. The first-order valence-electron chi connectivity index (χ1n) is 9.28. The van der Waals surface area contributed by atoms with Gasteiger partial charge in [-0.1, -0.05) is 63.2 Å². The average Bonchev–Trinajstić information content (AvgIpc) is 3.14. The molecule has 0 bridgehead atoms. The van der Waals surface area contributed by atoms with Crippen molar-refractivity contribution in [3.05, 3.63) is 60.2 Å². The van der Waals surface area contributed by atoms with Gasteiger partial charge in [0.15, 0.2) is 0 Å². The minimum Gasteiger partial charge on any atom is -0.371 e. The molecule has 0 atom stereocenters. The highest BCUT2D eigenvalue weighted by atomic mass is 79.9. The number of benzene rings is 2. The molecule has 1 aliphatic rings. The van der Waals surface area contributed by atoms with E-state index >= 15 is 0 Å². The van der Waals surface area contributed by atoms with Crippen LogP contribution in [0.4, 0.5) is 5.69 Å². The molecule has 0 aliphatic carbocycles. The van der Waals surface area contributed by atoms with E-state index in [1.807, 2.05) is 0 Å². The van der Waals surface area contributed by atoms with E-state index in [-0.39, 0.29) is 22.4 Å². The van der Waals surface area contributed by atoms with Crippen LogP contribution in [-0.4, -0.2) is 18.1 Å². The summed E-state index contributed by atoms with van der Waals surface area (Å²) >= 11 is 0. The number of halogens is 1. The van der Waals surface area contributed by atoms with E-state index in [1.165, 1.54) is 35.0 Å². The lowest BCUT2D eigenvalue weighted by Crippen LogP contribution is -2.18. The van der Waals surface area contributed by atoms with Crippen LogP contribution in [0.25, 0.3) is 22.2 Å². The molecule has 1 aliphatic heterocycles. The number of pyridine rings is 1. The van der Waals surface area contributed by atoms with Gasteiger partial charge in [-0.05, 0) is 36.0 Å². The van der Waals surface area contributed by atoms with Gasteiger partial charge in [0.05, 0.1) is 11.2 Å². The SMILES string of the molecule is Br.CC(C)(C)c1ccc(-c2cc(N3CCCC3)c3ccccc3n2)cc1. The van der Waals surface area contributed by atoms with E-state index in [1.54, 1.807) is 0 Å². The number of fused-ring (bicyclic) bond motifs is 1. The molecular weight excluding hydrogens is 384 g/mol. The predicted molar refractivity (Wildman–Crippen MR) is 118 cm³/mol. The number of rotatable bonds is 2. The van der Waals surface area contributed by atoms with Gasteiger partial charge < -0.3 is 4.90 Å². The Morgan fingerprint density at radius 1 is 0.885 bits per heavy atom. The van der Waals surface area contributed by atoms with Gasteiger partial charge in [-0.3, -0.25) is 0 Å². The molecule has 2 aromatic carbocycles. The van der Waals surface area contributed by atoms with Gasteiger partial charge in [0.2, 0.25) is 0 Å². The summed E-state index contributed by atoms with van der Waals surface area (Å²) in [5, 5.41) is 1.26. The molecule has 1 saturated heterocycles. The number of hydrogen-bond donors (Lipinski definition) is 0. The summed E-state index contributed by atoms with van der Waals surface area (Å²) in [6.45, 7) is 9.05. The lowest BCUT2D eigenvalue weighted by molar-refractivity contribution is 0.590. The van der Waals surface area contributed by atoms with Crippen molar-refractivity contribution in [1.82, 2.24) is 4.98 Å². The van der Waals surface area contributed by atoms with Crippen LogP contribution in [0.3, 0.4) is 0 Å². The number of para-hydroxylation sites is 1. The second-order valence-corrected chi connectivity index (χ2v) is 8.07. The van der Waals surface area contributed by atoms with E-state index < -0.39 is 0 Å². The van der Waals surface area contributed by atoms with Crippen molar-refractivity contribution in [2.45, 2.75) is 39.0 Å². The van der Waals surface area contributed by atoms with Gasteiger partial charge in [-0.2, -0.15) is 0 Å². The van der Waals surface area contributed by atoms with E-state index in [2.05, 4.69) is 80.3 Å². The fraction of sp³-hybridized carbons (Fsp3) is 0.348. The smallest absolute Gasteiger partial charge is 0.0730 e. The first kappa shape index (κ1) is 18.9. The standard InChI is InChI=1S/C23H26N2.BrH/c1-23(2,3)18-12-10-17(11-13-18)21-16-22(25-14-6-7-15-25)19-8-4-5-9-20(19)24-21;/h4-5,8-13,16H,6-7,14-15H2,1-3H3;1H. The Morgan fingerprint density at radius 2 is 1.54 bits per heavy atom. The molecule has 1 fully saturated rings. The topological polar surface area (TPSA) is 16.1 Å². The molecule has 136 valence electrons. The summed E-state index contributed by atoms with van der Waals surface area (Å²) in [7, 11) is 0. The average molecular weight is 411 g/mol. The first-order chi connectivity index (χ1) is 12.0. The molecule has 0 N–H and O–H groups in total. The third kappa shape index (κ3) is 3.64. The maximum atomic E-state index is 4.94. The molecule has 0 radical (unpaired) electrons. The molecule has 0 saturated carbocycles. The second-order valence-electron chi connectivity index (χ2n) is 8.07. The number of aromatic nitrogens is 1. The van der Waals surface area contributed by atoms with E-state index in [9.17, 15) is 0 Å². The van der Waals surface area contributed by atoms with E-state index in [0.29, 0.717) is 0 Å². The minimum absolute atomic E-state index is 0. The Balaban J connectivity index is 0.00000196. The zero-order valence-electron chi connectivity index (χ0n) is 15.8. The minimum atomic E-state index is 0. The normalized spacial score (nSPS) is 14.5. The van der Waals surface area contributed by atoms with Crippen LogP contribution in [0.1, 0.15) is 39.2 Å². The van der Waals surface area contributed by atoms with Crippen LogP contribution < -0.4 is 4.90 Å². The van der Waals surface area contributed by atoms with Crippen molar-refractivity contribution in [3.8, 4) is 11.3 Å². The number of hydrogen-bond acceptors (Lipinski definition) is 2. The summed E-state index contributed by atoms with van der Waals surface area (Å²) in [6, 6.07) is 19.7. The Hall–Kier alpha value is -1.87. The summed E-state index contributed by atoms with van der Waals surface area (Å²) in [5.41, 5.74) is 6.22. The lowest BCUT2D eigenvalue weighted by Gasteiger charge is -2.21. The number of anilines is 1. The third-order valence-electron chi connectivity index (χ3n) is 5.19. The molecule has 1 aromatic heterocycles. The van der Waals surface area contributed by atoms with Crippen molar-refractivity contribution in [1.29, 1.82) is 0 Å². The lowest BCUT2D eigenvalue weighted by atomic mass is 9.86. The molecule has 2 nitrogen and oxygen atoms in total. The van der Waals surface area contributed by atoms with Crippen LogP contribution in [0, 0.1) is 0 Å². The summed E-state index contributed by atoms with van der Waals surface area (Å²) < 4.78 is 0. The molecule has 0 unspecified atom stereocenters. The van der Waals surface area contributed by atoms with Crippen LogP contribution in [0.2, 0.25) is 0 Å². The summed E-state index contributed by atoms with van der Waals surface area (Å²) in [4.78, 5) is 7.45. The molecule has 3 aromatic rings. The van der Waals surface area contributed by atoms with Gasteiger partial charge in [0, 0.05) is 29.7 Å². The molecule has 26 heavy (non-hydrogen) atoms. The Kier molecular flexibility index (Phi) is 5.38. The molecule has 3 heteroatoms. The quantitative estimate of drug-likeness (QED) is 0.487. The van der Waals surface area contributed by atoms with Crippen LogP contribution in [0.5, 0.6) is 0 Å². The molecule has 2 heterocycles. The largest absolute Gasteiger partial charge is 0.371 e. The van der Waals surface area contributed by atoms with Gasteiger partial charge in [-0.15, -0.1) is 17.0 Å². The van der Waals surface area contributed by atoms with Crippen LogP contribution >= 0.6 is 17.0 Å². The summed E-state index contributed by atoms with van der Waals surface area (Å²) in [5.74, 6) is 0. The Morgan fingerprint density at radius 3 is 2.19 bits per heavy atom. The highest BCUT2D eigenvalue weighted by molar-refractivity contribution is 8.93. The van der Waals surface area contributed by atoms with Gasteiger partial charge in [0.1, 0.15) is 0 Å². The molecule has 0 amide bonds. The number of nitrogens with zero attached hydrogens (tertiary/aromatic N) is 2. The van der Waals surface area contributed by atoms with Crippen molar-refractivity contribution < 1.29 is 0 Å². The Labute approximate surface area is 167 Å². The van der Waals surface area contributed by atoms with Crippen molar-refractivity contribution in [2.75, 3.05) is 18.0 Å². The highest BCUT2D eigenvalue weighted by Gasteiger charge is 2.18. The molecular formula is C23H27BrN2. The molecule has 4 rings (SSSR count). The fourth-order valence-electron chi connectivity index (χ4n) is 3.67. The Bertz CT molecular complexity index is 888. The fourth-order valence-corrected chi connectivity index (χ4v) is 3.67. The predicted octanol–water partition coefficient (Wildman–Crippen LogP) is 6.38. The van der Waals surface area contributed by atoms with E-state index in [0.717, 1.165) is 24.3 Å². The third-order valence-corrected chi connectivity index (χ3v) is 5.19. The monoisotopic (exact) mass is 410 g/mol. The zero-order valence-corrected chi connectivity index (χ0v) is 17.5. The van der Waals surface area contributed by atoms with E-state index in [4.69, 9.17) is 4.98 Å². The van der Waals surface area contributed by atoms with Crippen LogP contribution in [-0.2, 0) is 5.41 Å². The maximum absolute atomic E-state index is 4.94. The van der Waals surface area contributed by atoms with Crippen molar-refractivity contribution in [2.24, 2.45) is 0 Å². The van der Waals surface area contributed by atoms with Crippen molar-refractivity contribution >= 4 is 33.6 Å². The zero-order chi connectivity index (χ0) is 17.4. The van der Waals surface area contributed by atoms with Gasteiger partial charge in [0.25, 0.3) is 0 Å². The summed E-state index contributed by atoms with van der Waals surface area (Å²) in [6.07, 6.45) is 2.57. The van der Waals surface area contributed by atoms with Crippen molar-refractivity contribution in [3.63, 3.8) is 0 Å². The first-order valence-corrected chi connectivity index (χ1v) is 9.28.